The third kappa shape index (κ3) is 4.89. The third-order valence-corrected chi connectivity index (χ3v) is 7.44. The van der Waals surface area contributed by atoms with Gasteiger partial charge in [0.05, 0.1) is 11.8 Å². The van der Waals surface area contributed by atoms with Crippen molar-refractivity contribution in [2.75, 3.05) is 0 Å². The second-order valence-corrected chi connectivity index (χ2v) is 9.02. The van der Waals surface area contributed by atoms with E-state index in [1.807, 2.05) is 0 Å². The molecule has 0 spiro atoms. The first-order valence-electron chi connectivity index (χ1n) is 10.3. The Labute approximate surface area is 152 Å². The van der Waals surface area contributed by atoms with Gasteiger partial charge in [-0.05, 0) is 55.8 Å². The second kappa shape index (κ2) is 7.90. The van der Waals surface area contributed by atoms with Crippen LogP contribution in [-0.4, -0.2) is 12.4 Å². The Morgan fingerprint density at radius 1 is 0.423 bits per heavy atom. The lowest BCUT2D eigenvalue weighted by Crippen LogP contribution is -2.36. The van der Waals surface area contributed by atoms with E-state index in [4.69, 9.17) is 0 Å². The summed E-state index contributed by atoms with van der Waals surface area (Å²) < 4.78 is 78.6. The van der Waals surface area contributed by atoms with Crippen molar-refractivity contribution in [2.45, 2.75) is 89.4 Å². The normalized spacial score (nSPS) is 40.4. The number of rotatable bonds is 2. The molecule has 0 heterocycles. The summed E-state index contributed by atoms with van der Waals surface area (Å²) >= 11 is 0. The Morgan fingerprint density at radius 3 is 1.08 bits per heavy atom. The maximum atomic E-state index is 13.1. The molecule has 152 valence electrons. The summed E-state index contributed by atoms with van der Waals surface area (Å²) in [7, 11) is 0. The summed E-state index contributed by atoms with van der Waals surface area (Å²) in [6.07, 6.45) is -0.523. The molecule has 3 aliphatic rings. The second-order valence-electron chi connectivity index (χ2n) is 9.02. The molecule has 0 aliphatic heterocycles. The molecule has 3 saturated carbocycles. The van der Waals surface area contributed by atoms with E-state index in [2.05, 4.69) is 0 Å². The van der Waals surface area contributed by atoms with Gasteiger partial charge in [0, 0.05) is 0 Å². The monoisotopic (exact) mass is 384 g/mol. The van der Waals surface area contributed by atoms with Crippen LogP contribution < -0.4 is 0 Å². The van der Waals surface area contributed by atoms with Gasteiger partial charge in [0.1, 0.15) is 0 Å². The van der Waals surface area contributed by atoms with Gasteiger partial charge in [-0.3, -0.25) is 0 Å². The standard InChI is InChI=1S/C20H30F6/c21-19(22,23)17-8-2-6-15(11-17)13-4-1-5-14(10-13)16-7-3-9-18(12-16)20(24,25)26/h13-18H,1-12H2. The molecule has 6 atom stereocenters. The minimum absolute atomic E-state index is 0.111. The lowest BCUT2D eigenvalue weighted by Gasteiger charge is -2.43. The molecule has 0 aromatic heterocycles. The zero-order chi connectivity index (χ0) is 18.9. The highest BCUT2D eigenvalue weighted by Crippen LogP contribution is 2.50. The zero-order valence-electron chi connectivity index (χ0n) is 15.2. The summed E-state index contributed by atoms with van der Waals surface area (Å²) in [6, 6.07) is 0. The van der Waals surface area contributed by atoms with Gasteiger partial charge < -0.3 is 0 Å². The van der Waals surface area contributed by atoms with E-state index in [0.717, 1.165) is 38.5 Å². The predicted octanol–water partition coefficient (Wildman–Crippen LogP) is 7.53. The molecule has 3 aliphatic carbocycles. The van der Waals surface area contributed by atoms with Crippen LogP contribution in [0.2, 0.25) is 0 Å². The first-order valence-corrected chi connectivity index (χ1v) is 10.3. The van der Waals surface area contributed by atoms with Gasteiger partial charge in [-0.25, -0.2) is 0 Å². The molecule has 6 unspecified atom stereocenters. The van der Waals surface area contributed by atoms with E-state index >= 15 is 0 Å². The van der Waals surface area contributed by atoms with Crippen molar-refractivity contribution < 1.29 is 26.3 Å². The van der Waals surface area contributed by atoms with Crippen LogP contribution in [0.25, 0.3) is 0 Å². The van der Waals surface area contributed by atoms with Gasteiger partial charge in [0.2, 0.25) is 0 Å². The predicted molar refractivity (Wildman–Crippen MR) is 88.5 cm³/mol. The van der Waals surface area contributed by atoms with Crippen LogP contribution in [-0.2, 0) is 0 Å². The highest BCUT2D eigenvalue weighted by atomic mass is 19.4. The Morgan fingerprint density at radius 2 is 0.731 bits per heavy atom. The van der Waals surface area contributed by atoms with Gasteiger partial charge >= 0.3 is 12.4 Å². The number of alkyl halides is 6. The van der Waals surface area contributed by atoms with E-state index in [1.54, 1.807) is 0 Å². The molecule has 0 aromatic rings. The van der Waals surface area contributed by atoms with E-state index in [-0.39, 0.29) is 49.4 Å². The topological polar surface area (TPSA) is 0 Å². The number of hydrogen-bond donors (Lipinski definition) is 0. The molecule has 0 bridgehead atoms. The van der Waals surface area contributed by atoms with Crippen LogP contribution in [0.5, 0.6) is 0 Å². The summed E-state index contributed by atoms with van der Waals surface area (Å²) in [5.41, 5.74) is 0. The largest absolute Gasteiger partial charge is 0.391 e. The minimum Gasteiger partial charge on any atom is -0.171 e. The Hall–Kier alpha value is -0.420. The quantitative estimate of drug-likeness (QED) is 0.432. The molecular formula is C20H30F6. The van der Waals surface area contributed by atoms with Crippen molar-refractivity contribution in [1.82, 2.24) is 0 Å². The number of halogens is 6. The molecule has 0 saturated heterocycles. The molecule has 0 amide bonds. The van der Waals surface area contributed by atoms with Crippen LogP contribution in [0.4, 0.5) is 26.3 Å². The van der Waals surface area contributed by atoms with Crippen LogP contribution in [0.1, 0.15) is 77.0 Å². The van der Waals surface area contributed by atoms with Crippen molar-refractivity contribution in [3.63, 3.8) is 0 Å². The molecule has 26 heavy (non-hydrogen) atoms. The number of hydrogen-bond acceptors (Lipinski definition) is 0. The van der Waals surface area contributed by atoms with E-state index in [1.165, 1.54) is 0 Å². The average Bonchev–Trinajstić information content (AvgIpc) is 2.61. The maximum Gasteiger partial charge on any atom is 0.391 e. The fourth-order valence-electron chi connectivity index (χ4n) is 6.03. The van der Waals surface area contributed by atoms with E-state index in [0.29, 0.717) is 12.8 Å². The lowest BCUT2D eigenvalue weighted by molar-refractivity contribution is -0.189. The summed E-state index contributed by atoms with van der Waals surface area (Å²) in [6.45, 7) is 0. The molecule has 3 fully saturated rings. The Bertz CT molecular complexity index is 414. The Balaban J connectivity index is 1.59. The SMILES string of the molecule is FC(F)(F)C1CCCC(C2CCCC(C3CCCC(C(F)(F)F)C3)C2)C1. The van der Waals surface area contributed by atoms with Crippen molar-refractivity contribution in [1.29, 1.82) is 0 Å². The third-order valence-electron chi connectivity index (χ3n) is 7.44. The average molecular weight is 384 g/mol. The molecule has 0 radical (unpaired) electrons. The highest BCUT2D eigenvalue weighted by Gasteiger charge is 2.46. The maximum absolute atomic E-state index is 13.1. The molecule has 3 rings (SSSR count). The highest BCUT2D eigenvalue weighted by molar-refractivity contribution is 4.89. The first kappa shape index (κ1) is 20.3. The van der Waals surface area contributed by atoms with Gasteiger partial charge in [-0.2, -0.15) is 26.3 Å². The Kier molecular flexibility index (Phi) is 6.18. The van der Waals surface area contributed by atoms with Gasteiger partial charge in [0.25, 0.3) is 0 Å². The smallest absolute Gasteiger partial charge is 0.171 e. The zero-order valence-corrected chi connectivity index (χ0v) is 15.2. The summed E-state index contributed by atoms with van der Waals surface area (Å²) in [4.78, 5) is 0. The molecule has 0 N–H and O–H groups in total. The van der Waals surface area contributed by atoms with Gasteiger partial charge in [0.15, 0.2) is 0 Å². The van der Waals surface area contributed by atoms with Gasteiger partial charge in [-0.15, -0.1) is 0 Å². The van der Waals surface area contributed by atoms with Gasteiger partial charge in [-0.1, -0.05) is 44.9 Å². The van der Waals surface area contributed by atoms with Crippen molar-refractivity contribution >= 4 is 0 Å². The van der Waals surface area contributed by atoms with E-state index in [9.17, 15) is 26.3 Å². The fraction of sp³-hybridized carbons (Fsp3) is 1.00. The molecule has 0 nitrogen and oxygen atoms in total. The van der Waals surface area contributed by atoms with Crippen molar-refractivity contribution in [3.05, 3.63) is 0 Å². The molecule has 6 heteroatoms. The summed E-state index contributed by atoms with van der Waals surface area (Å²) in [5, 5.41) is 0. The van der Waals surface area contributed by atoms with Crippen molar-refractivity contribution in [2.24, 2.45) is 35.5 Å². The van der Waals surface area contributed by atoms with Crippen molar-refractivity contribution in [3.8, 4) is 0 Å². The molecule has 0 aromatic carbocycles. The lowest BCUT2D eigenvalue weighted by atomic mass is 9.63. The molecular weight excluding hydrogens is 354 g/mol. The first-order chi connectivity index (χ1) is 12.1. The summed E-state index contributed by atoms with van der Waals surface area (Å²) in [5.74, 6) is -1.56. The van der Waals surface area contributed by atoms with E-state index < -0.39 is 24.2 Å². The van der Waals surface area contributed by atoms with Crippen LogP contribution >= 0.6 is 0 Å². The minimum atomic E-state index is -4.10. The van der Waals surface area contributed by atoms with Crippen LogP contribution in [0.15, 0.2) is 0 Å². The van der Waals surface area contributed by atoms with Crippen LogP contribution in [0.3, 0.4) is 0 Å². The fourth-order valence-corrected chi connectivity index (χ4v) is 6.03. The van der Waals surface area contributed by atoms with Crippen LogP contribution in [0, 0.1) is 35.5 Å².